The number of amides is 1. The van der Waals surface area contributed by atoms with E-state index in [9.17, 15) is 4.79 Å². The van der Waals surface area contributed by atoms with Crippen molar-refractivity contribution < 1.29 is 9.53 Å². The Kier molecular flexibility index (Phi) is 3.96. The van der Waals surface area contributed by atoms with Crippen LogP contribution in [-0.4, -0.2) is 31.2 Å². The number of carbonyl (C=O) groups excluding carboxylic acids is 1. The highest BCUT2D eigenvalue weighted by Gasteiger charge is 2.46. The van der Waals surface area contributed by atoms with Gasteiger partial charge in [0, 0.05) is 27.4 Å². The molecule has 1 amide bonds. The van der Waals surface area contributed by atoms with Gasteiger partial charge in [0.05, 0.1) is 7.11 Å². The summed E-state index contributed by atoms with van der Waals surface area (Å²) in [7, 11) is 1.45. The highest BCUT2D eigenvalue weighted by atomic mass is 79.9. The number of fused-ring (bicyclic) bond motifs is 5. The van der Waals surface area contributed by atoms with Gasteiger partial charge in [-0.2, -0.15) is 0 Å². The number of likely N-dealkylation sites (tertiary alicyclic amines) is 1. The Morgan fingerprint density at radius 2 is 1.50 bits per heavy atom. The third-order valence-corrected chi connectivity index (χ3v) is 6.32. The van der Waals surface area contributed by atoms with Crippen molar-refractivity contribution in [2.24, 2.45) is 0 Å². The average Bonchev–Trinajstić information content (AvgIpc) is 2.84. The van der Waals surface area contributed by atoms with Gasteiger partial charge in [0.2, 0.25) is 0 Å². The van der Waals surface area contributed by atoms with Gasteiger partial charge in [-0.15, -0.1) is 0 Å². The zero-order valence-electron chi connectivity index (χ0n) is 13.3. The standard InChI is InChI=1S/C19H17Br2NO2/c1-24-18(23)22-8-6-19(7-9-22)16-10-12(20)2-4-14(16)15-5-3-13(21)11-17(15)19/h2-5,10-11H,6-9H2,1H3. The van der Waals surface area contributed by atoms with E-state index >= 15 is 0 Å². The normalized spacial score (nSPS) is 17.5. The fraction of sp³-hybridized carbons (Fsp3) is 0.316. The number of carbonyl (C=O) groups is 1. The molecule has 1 saturated heterocycles. The number of rotatable bonds is 0. The van der Waals surface area contributed by atoms with Gasteiger partial charge < -0.3 is 9.64 Å². The van der Waals surface area contributed by atoms with Crippen LogP contribution in [0.5, 0.6) is 0 Å². The number of ether oxygens (including phenoxy) is 1. The zero-order valence-corrected chi connectivity index (χ0v) is 16.5. The summed E-state index contributed by atoms with van der Waals surface area (Å²) in [4.78, 5) is 13.7. The summed E-state index contributed by atoms with van der Waals surface area (Å²) in [6.07, 6.45) is 1.59. The summed E-state index contributed by atoms with van der Waals surface area (Å²) in [5.41, 5.74) is 5.34. The van der Waals surface area contributed by atoms with Crippen molar-refractivity contribution in [3.63, 3.8) is 0 Å². The molecule has 5 heteroatoms. The van der Waals surface area contributed by atoms with Crippen LogP contribution in [0.4, 0.5) is 4.79 Å². The van der Waals surface area contributed by atoms with E-state index in [-0.39, 0.29) is 11.5 Å². The SMILES string of the molecule is COC(=O)N1CCC2(CC1)c1cc(Br)ccc1-c1ccc(Br)cc12. The van der Waals surface area contributed by atoms with Crippen molar-refractivity contribution in [1.29, 1.82) is 0 Å². The molecule has 0 N–H and O–H groups in total. The van der Waals surface area contributed by atoms with Gasteiger partial charge in [0.1, 0.15) is 0 Å². The van der Waals surface area contributed by atoms with Gasteiger partial charge >= 0.3 is 6.09 Å². The van der Waals surface area contributed by atoms with Gasteiger partial charge in [-0.3, -0.25) is 0 Å². The fourth-order valence-electron chi connectivity index (χ4n) is 4.18. The van der Waals surface area contributed by atoms with Crippen LogP contribution in [0.15, 0.2) is 45.3 Å². The lowest BCUT2D eigenvalue weighted by Crippen LogP contribution is -2.45. The van der Waals surface area contributed by atoms with Gasteiger partial charge in [-0.05, 0) is 59.4 Å². The maximum atomic E-state index is 11.9. The van der Waals surface area contributed by atoms with Crippen molar-refractivity contribution in [2.45, 2.75) is 18.3 Å². The van der Waals surface area contributed by atoms with Gasteiger partial charge in [-0.25, -0.2) is 4.79 Å². The first kappa shape index (κ1) is 16.2. The summed E-state index contributed by atoms with van der Waals surface area (Å²) >= 11 is 7.25. The summed E-state index contributed by atoms with van der Waals surface area (Å²) in [6.45, 7) is 1.43. The van der Waals surface area contributed by atoms with Crippen LogP contribution in [0.1, 0.15) is 24.0 Å². The number of nitrogens with zero attached hydrogens (tertiary/aromatic N) is 1. The summed E-state index contributed by atoms with van der Waals surface area (Å²) < 4.78 is 7.09. The Bertz CT molecular complexity index is 773. The fourth-order valence-corrected chi connectivity index (χ4v) is 4.90. The molecule has 3 nitrogen and oxygen atoms in total. The minimum Gasteiger partial charge on any atom is -0.453 e. The Hall–Kier alpha value is -1.33. The molecule has 0 aromatic heterocycles. The minimum atomic E-state index is -0.230. The number of hydrogen-bond acceptors (Lipinski definition) is 2. The van der Waals surface area contributed by atoms with E-state index < -0.39 is 0 Å². The average molecular weight is 451 g/mol. The largest absolute Gasteiger partial charge is 0.453 e. The molecule has 0 radical (unpaired) electrons. The van der Waals surface area contributed by atoms with Crippen LogP contribution in [0.3, 0.4) is 0 Å². The molecule has 1 aliphatic heterocycles. The molecule has 2 aliphatic rings. The molecule has 2 aromatic rings. The molecule has 1 spiro atoms. The first-order valence-corrected chi connectivity index (χ1v) is 9.57. The molecule has 0 atom stereocenters. The molecule has 124 valence electrons. The smallest absolute Gasteiger partial charge is 0.409 e. The highest BCUT2D eigenvalue weighted by molar-refractivity contribution is 9.10. The lowest BCUT2D eigenvalue weighted by molar-refractivity contribution is 0.105. The molecule has 0 saturated carbocycles. The van der Waals surface area contributed by atoms with E-state index in [4.69, 9.17) is 4.74 Å². The highest BCUT2D eigenvalue weighted by Crippen LogP contribution is 2.55. The summed E-state index contributed by atoms with van der Waals surface area (Å²) in [5.74, 6) is 0. The molecule has 2 aromatic carbocycles. The second-order valence-corrected chi connectivity index (χ2v) is 8.25. The Balaban J connectivity index is 1.83. The number of hydrogen-bond donors (Lipinski definition) is 0. The van der Waals surface area contributed by atoms with Crippen LogP contribution in [0.2, 0.25) is 0 Å². The van der Waals surface area contributed by atoms with E-state index in [1.54, 1.807) is 4.90 Å². The molecule has 1 fully saturated rings. The van der Waals surface area contributed by atoms with Crippen molar-refractivity contribution in [3.05, 3.63) is 56.5 Å². The van der Waals surface area contributed by atoms with Crippen LogP contribution in [0.25, 0.3) is 11.1 Å². The number of methoxy groups -OCH3 is 1. The van der Waals surface area contributed by atoms with Crippen LogP contribution in [-0.2, 0) is 10.2 Å². The summed E-state index contributed by atoms with van der Waals surface area (Å²) in [5, 5.41) is 0. The van der Waals surface area contributed by atoms with E-state index in [1.807, 2.05) is 0 Å². The second kappa shape index (κ2) is 5.88. The molecule has 0 bridgehead atoms. The third-order valence-electron chi connectivity index (χ3n) is 5.33. The molecule has 0 unspecified atom stereocenters. The maximum absolute atomic E-state index is 11.9. The van der Waals surface area contributed by atoms with E-state index in [0.29, 0.717) is 13.1 Å². The lowest BCUT2D eigenvalue weighted by atomic mass is 9.71. The minimum absolute atomic E-state index is 0.0251. The van der Waals surface area contributed by atoms with E-state index in [2.05, 4.69) is 68.3 Å². The van der Waals surface area contributed by atoms with Crippen molar-refractivity contribution in [2.75, 3.05) is 20.2 Å². The van der Waals surface area contributed by atoms with Crippen LogP contribution < -0.4 is 0 Å². The molecular formula is C19H17Br2NO2. The predicted molar refractivity (Wildman–Crippen MR) is 101 cm³/mol. The molecule has 1 heterocycles. The predicted octanol–water partition coefficient (Wildman–Crippen LogP) is 5.34. The second-order valence-electron chi connectivity index (χ2n) is 6.42. The van der Waals surface area contributed by atoms with Crippen molar-refractivity contribution in [1.82, 2.24) is 4.90 Å². The first-order chi connectivity index (χ1) is 11.5. The zero-order chi connectivity index (χ0) is 16.9. The third kappa shape index (κ3) is 2.32. The summed E-state index contributed by atoms with van der Waals surface area (Å²) in [6, 6.07) is 13.1. The Labute approximate surface area is 158 Å². The molecule has 1 aliphatic carbocycles. The van der Waals surface area contributed by atoms with Gasteiger partial charge in [0.15, 0.2) is 0 Å². The van der Waals surface area contributed by atoms with Gasteiger partial charge in [-0.1, -0.05) is 44.0 Å². The van der Waals surface area contributed by atoms with Crippen molar-refractivity contribution >= 4 is 38.0 Å². The topological polar surface area (TPSA) is 29.5 Å². The Morgan fingerprint density at radius 3 is 1.96 bits per heavy atom. The number of halogens is 2. The monoisotopic (exact) mass is 449 g/mol. The number of benzene rings is 2. The maximum Gasteiger partial charge on any atom is 0.409 e. The van der Waals surface area contributed by atoms with E-state index in [1.165, 1.54) is 29.4 Å². The molecule has 24 heavy (non-hydrogen) atoms. The molecular weight excluding hydrogens is 434 g/mol. The quantitative estimate of drug-likeness (QED) is 0.542. The Morgan fingerprint density at radius 1 is 1.00 bits per heavy atom. The first-order valence-electron chi connectivity index (χ1n) is 7.98. The van der Waals surface area contributed by atoms with Crippen LogP contribution in [0, 0.1) is 0 Å². The van der Waals surface area contributed by atoms with E-state index in [0.717, 1.165) is 21.8 Å². The van der Waals surface area contributed by atoms with Gasteiger partial charge in [0.25, 0.3) is 0 Å². The lowest BCUT2D eigenvalue weighted by Gasteiger charge is -2.40. The number of piperidine rings is 1. The van der Waals surface area contributed by atoms with Crippen molar-refractivity contribution in [3.8, 4) is 11.1 Å². The molecule has 4 rings (SSSR count). The van der Waals surface area contributed by atoms with Crippen LogP contribution >= 0.6 is 31.9 Å².